The summed E-state index contributed by atoms with van der Waals surface area (Å²) in [5, 5.41) is 0. The molecule has 0 spiro atoms. The Kier molecular flexibility index (Phi) is 8.62. The first-order chi connectivity index (χ1) is 9.03. The van der Waals surface area contributed by atoms with Crippen LogP contribution in [-0.2, 0) is 12.4 Å². The van der Waals surface area contributed by atoms with Gasteiger partial charge in [0.25, 0.3) is 0 Å². The lowest BCUT2D eigenvalue weighted by atomic mass is 9.99. The Hall–Kier alpha value is -1.20. The highest BCUT2D eigenvalue weighted by atomic mass is 19.4. The van der Waals surface area contributed by atoms with Crippen molar-refractivity contribution >= 4 is 0 Å². The molecule has 0 atom stereocenters. The van der Waals surface area contributed by atoms with E-state index in [4.69, 9.17) is 0 Å². The molecule has 6 heteroatoms. The van der Waals surface area contributed by atoms with Crippen LogP contribution in [0.3, 0.4) is 0 Å². The predicted molar refractivity (Wildman–Crippen MR) is 68.6 cm³/mol. The van der Waals surface area contributed by atoms with Crippen LogP contribution in [-0.4, -0.2) is 0 Å². The molecule has 0 amide bonds. The summed E-state index contributed by atoms with van der Waals surface area (Å²) >= 11 is 0. The molecule has 1 aromatic carbocycles. The van der Waals surface area contributed by atoms with Crippen LogP contribution < -0.4 is 0 Å². The first-order valence-corrected chi connectivity index (χ1v) is 6.29. The van der Waals surface area contributed by atoms with E-state index in [9.17, 15) is 26.3 Å². The van der Waals surface area contributed by atoms with Crippen molar-refractivity contribution in [1.29, 1.82) is 0 Å². The summed E-state index contributed by atoms with van der Waals surface area (Å²) in [6, 6.07) is 1.05. The van der Waals surface area contributed by atoms with Crippen LogP contribution in [0.4, 0.5) is 26.3 Å². The SMILES string of the molecule is CC.CC.Cc1cc(C(F)(F)F)c(C)cc1C(F)(F)F. The fourth-order valence-corrected chi connectivity index (χ4v) is 1.43. The van der Waals surface area contributed by atoms with Crippen molar-refractivity contribution in [3.63, 3.8) is 0 Å². The molecule has 0 aliphatic heterocycles. The van der Waals surface area contributed by atoms with Gasteiger partial charge in [-0.05, 0) is 37.1 Å². The molecule has 0 heterocycles. The zero-order chi connectivity index (χ0) is 16.7. The Morgan fingerprint density at radius 1 is 0.600 bits per heavy atom. The van der Waals surface area contributed by atoms with E-state index < -0.39 is 34.6 Å². The topological polar surface area (TPSA) is 0 Å². The van der Waals surface area contributed by atoms with Crippen LogP contribution in [0.15, 0.2) is 12.1 Å². The largest absolute Gasteiger partial charge is 0.416 e. The minimum atomic E-state index is -4.63. The number of aryl methyl sites for hydroxylation is 2. The highest BCUT2D eigenvalue weighted by Crippen LogP contribution is 2.38. The molecule has 0 N–H and O–H groups in total. The minimum Gasteiger partial charge on any atom is -0.166 e. The van der Waals surface area contributed by atoms with Crippen molar-refractivity contribution in [1.82, 2.24) is 0 Å². The zero-order valence-electron chi connectivity index (χ0n) is 12.4. The van der Waals surface area contributed by atoms with Gasteiger partial charge in [-0.25, -0.2) is 0 Å². The molecule has 0 nitrogen and oxygen atoms in total. The standard InChI is InChI=1S/C10H8F6.2C2H6/c1-5-3-8(10(14,15)16)6(2)4-7(5)9(11,12)13;2*1-2/h3-4H,1-2H3;2*1-2H3. The smallest absolute Gasteiger partial charge is 0.166 e. The number of hydrogen-bond donors (Lipinski definition) is 0. The van der Waals surface area contributed by atoms with Crippen molar-refractivity contribution in [2.24, 2.45) is 0 Å². The normalized spacial score (nSPS) is 11.0. The highest BCUT2D eigenvalue weighted by molar-refractivity contribution is 5.40. The quantitative estimate of drug-likeness (QED) is 0.487. The van der Waals surface area contributed by atoms with Crippen molar-refractivity contribution in [3.8, 4) is 0 Å². The number of hydrogen-bond acceptors (Lipinski definition) is 0. The molecular formula is C14H20F6. The minimum absolute atomic E-state index is 0.426. The van der Waals surface area contributed by atoms with E-state index in [0.717, 1.165) is 13.8 Å². The number of rotatable bonds is 0. The van der Waals surface area contributed by atoms with Gasteiger partial charge in [-0.1, -0.05) is 27.7 Å². The Bertz CT molecular complexity index is 362. The third-order valence-corrected chi connectivity index (χ3v) is 2.18. The molecular weight excluding hydrogens is 282 g/mol. The molecule has 0 saturated heterocycles. The first kappa shape index (κ1) is 21.1. The van der Waals surface area contributed by atoms with Crippen LogP contribution in [0.2, 0.25) is 0 Å². The van der Waals surface area contributed by atoms with Gasteiger partial charge in [-0.2, -0.15) is 26.3 Å². The van der Waals surface area contributed by atoms with Crippen molar-refractivity contribution in [2.75, 3.05) is 0 Å². The second kappa shape index (κ2) is 8.17. The summed E-state index contributed by atoms with van der Waals surface area (Å²) in [5.74, 6) is 0. The van der Waals surface area contributed by atoms with E-state index >= 15 is 0 Å². The number of alkyl halides is 6. The maximum Gasteiger partial charge on any atom is 0.416 e. The summed E-state index contributed by atoms with van der Waals surface area (Å²) in [6.45, 7) is 10.0. The molecule has 1 aromatic rings. The molecule has 0 aliphatic carbocycles. The van der Waals surface area contributed by atoms with Gasteiger partial charge in [-0.15, -0.1) is 0 Å². The molecule has 0 bridgehead atoms. The maximum atomic E-state index is 12.4. The molecule has 0 radical (unpaired) electrons. The van der Waals surface area contributed by atoms with Crippen molar-refractivity contribution in [3.05, 3.63) is 34.4 Å². The van der Waals surface area contributed by atoms with E-state index in [1.54, 1.807) is 0 Å². The van der Waals surface area contributed by atoms with Gasteiger partial charge in [0.15, 0.2) is 0 Å². The molecule has 1 rings (SSSR count). The van der Waals surface area contributed by atoms with Gasteiger partial charge >= 0.3 is 12.4 Å². The molecule has 20 heavy (non-hydrogen) atoms. The number of benzene rings is 1. The lowest BCUT2D eigenvalue weighted by molar-refractivity contribution is -0.142. The molecule has 0 aromatic heterocycles. The van der Waals surface area contributed by atoms with Gasteiger partial charge in [0.05, 0.1) is 11.1 Å². The van der Waals surface area contributed by atoms with Gasteiger partial charge in [0.2, 0.25) is 0 Å². The predicted octanol–water partition coefficient (Wildman–Crippen LogP) is 6.39. The maximum absolute atomic E-state index is 12.4. The summed E-state index contributed by atoms with van der Waals surface area (Å²) < 4.78 is 74.3. The first-order valence-electron chi connectivity index (χ1n) is 6.29. The highest BCUT2D eigenvalue weighted by Gasteiger charge is 2.37. The number of halogens is 6. The zero-order valence-corrected chi connectivity index (χ0v) is 12.4. The van der Waals surface area contributed by atoms with Crippen molar-refractivity contribution < 1.29 is 26.3 Å². The molecule has 0 unspecified atom stereocenters. The lowest BCUT2D eigenvalue weighted by Crippen LogP contribution is -2.13. The van der Waals surface area contributed by atoms with Crippen LogP contribution in [0, 0.1) is 13.8 Å². The molecule has 118 valence electrons. The average molecular weight is 302 g/mol. The van der Waals surface area contributed by atoms with Crippen LogP contribution in [0.1, 0.15) is 49.9 Å². The average Bonchev–Trinajstić information content (AvgIpc) is 2.34. The second-order valence-corrected chi connectivity index (χ2v) is 3.48. The summed E-state index contributed by atoms with van der Waals surface area (Å²) in [7, 11) is 0. The van der Waals surface area contributed by atoms with Gasteiger partial charge in [-0.3, -0.25) is 0 Å². The summed E-state index contributed by atoms with van der Waals surface area (Å²) in [4.78, 5) is 0. The van der Waals surface area contributed by atoms with E-state index in [1.807, 2.05) is 27.7 Å². The monoisotopic (exact) mass is 302 g/mol. The summed E-state index contributed by atoms with van der Waals surface area (Å²) in [5.41, 5.74) is -2.91. The third-order valence-electron chi connectivity index (χ3n) is 2.18. The fraction of sp³-hybridized carbons (Fsp3) is 0.571. The van der Waals surface area contributed by atoms with E-state index in [-0.39, 0.29) is 0 Å². The van der Waals surface area contributed by atoms with Gasteiger partial charge < -0.3 is 0 Å². The van der Waals surface area contributed by atoms with Gasteiger partial charge in [0, 0.05) is 0 Å². The Morgan fingerprint density at radius 3 is 0.950 bits per heavy atom. The van der Waals surface area contributed by atoms with E-state index in [1.165, 1.54) is 0 Å². The molecule has 0 aliphatic rings. The summed E-state index contributed by atoms with van der Waals surface area (Å²) in [6.07, 6.45) is -9.25. The third kappa shape index (κ3) is 5.84. The van der Waals surface area contributed by atoms with Crippen LogP contribution >= 0.6 is 0 Å². The Labute approximate surface area is 115 Å². The molecule has 0 saturated carbocycles. The van der Waals surface area contributed by atoms with E-state index in [0.29, 0.717) is 12.1 Å². The van der Waals surface area contributed by atoms with E-state index in [2.05, 4.69) is 0 Å². The van der Waals surface area contributed by atoms with Gasteiger partial charge in [0.1, 0.15) is 0 Å². The molecule has 0 fully saturated rings. The van der Waals surface area contributed by atoms with Crippen LogP contribution in [0.5, 0.6) is 0 Å². The van der Waals surface area contributed by atoms with Crippen molar-refractivity contribution in [2.45, 2.75) is 53.9 Å². The lowest BCUT2D eigenvalue weighted by Gasteiger charge is -2.16. The van der Waals surface area contributed by atoms with Crippen LogP contribution in [0.25, 0.3) is 0 Å². The Morgan fingerprint density at radius 2 is 0.800 bits per heavy atom. The second-order valence-electron chi connectivity index (χ2n) is 3.48. The Balaban J connectivity index is 0. The fourth-order valence-electron chi connectivity index (χ4n) is 1.43.